The lowest BCUT2D eigenvalue weighted by molar-refractivity contribution is 0.221. The molecule has 0 amide bonds. The number of nitrogens with one attached hydrogen (secondary N) is 1. The van der Waals surface area contributed by atoms with Crippen LogP contribution in [0.2, 0.25) is 0 Å². The highest BCUT2D eigenvalue weighted by Gasteiger charge is 2.22. The molecule has 21 heavy (non-hydrogen) atoms. The Morgan fingerprint density at radius 2 is 2.05 bits per heavy atom. The van der Waals surface area contributed by atoms with Crippen LogP contribution in [0.5, 0.6) is 0 Å². The third-order valence-corrected chi connectivity index (χ3v) is 4.84. The van der Waals surface area contributed by atoms with Crippen molar-refractivity contribution < 1.29 is 0 Å². The lowest BCUT2D eigenvalue weighted by Crippen LogP contribution is -2.43. The molecule has 4 heteroatoms. The summed E-state index contributed by atoms with van der Waals surface area (Å²) in [6.07, 6.45) is 5.59. The molecule has 0 bridgehead atoms. The molecule has 1 atom stereocenters. The van der Waals surface area contributed by atoms with Crippen molar-refractivity contribution in [2.24, 2.45) is 0 Å². The summed E-state index contributed by atoms with van der Waals surface area (Å²) in [5, 5.41) is 3.31. The van der Waals surface area contributed by atoms with Crippen molar-refractivity contribution in [3.63, 3.8) is 0 Å². The molecule has 1 aliphatic rings. The Kier molecular flexibility index (Phi) is 6.00. The van der Waals surface area contributed by atoms with Crippen molar-refractivity contribution in [2.45, 2.75) is 45.2 Å². The van der Waals surface area contributed by atoms with Gasteiger partial charge in [0.15, 0.2) is 0 Å². The second-order valence-electron chi connectivity index (χ2n) is 5.97. The van der Waals surface area contributed by atoms with E-state index in [2.05, 4.69) is 53.1 Å². The maximum absolute atomic E-state index is 4.65. The van der Waals surface area contributed by atoms with Gasteiger partial charge in [0.2, 0.25) is 0 Å². The van der Waals surface area contributed by atoms with Crippen molar-refractivity contribution in [3.05, 3.63) is 24.0 Å². The van der Waals surface area contributed by atoms with Crippen molar-refractivity contribution in [2.75, 3.05) is 38.6 Å². The van der Waals surface area contributed by atoms with Crippen LogP contribution in [0.1, 0.15) is 44.8 Å². The van der Waals surface area contributed by atoms with Gasteiger partial charge in [0.05, 0.1) is 17.6 Å². The van der Waals surface area contributed by atoms with Gasteiger partial charge in [0.1, 0.15) is 0 Å². The summed E-state index contributed by atoms with van der Waals surface area (Å²) >= 11 is 0. The predicted molar refractivity (Wildman–Crippen MR) is 89.9 cm³/mol. The monoisotopic (exact) mass is 290 g/mol. The molecular weight excluding hydrogens is 260 g/mol. The van der Waals surface area contributed by atoms with Crippen LogP contribution in [0.4, 0.5) is 5.69 Å². The maximum atomic E-state index is 4.65. The molecule has 1 aromatic rings. The molecule has 4 nitrogen and oxygen atoms in total. The summed E-state index contributed by atoms with van der Waals surface area (Å²) in [5.74, 6) is 0. The standard InChI is InChI=1S/C17H30N4/c1-5-16(18-3)17-8-7-15(13-19-17)20(4)14-9-11-21(6-2)12-10-14/h7-8,13-14,16,18H,5-6,9-12H2,1-4H3. The summed E-state index contributed by atoms with van der Waals surface area (Å²) < 4.78 is 0. The second-order valence-corrected chi connectivity index (χ2v) is 5.97. The van der Waals surface area contributed by atoms with E-state index in [1.807, 2.05) is 13.2 Å². The molecule has 1 aromatic heterocycles. The lowest BCUT2D eigenvalue weighted by Gasteiger charge is -2.37. The van der Waals surface area contributed by atoms with Crippen LogP contribution in [0.3, 0.4) is 0 Å². The van der Waals surface area contributed by atoms with Crippen LogP contribution in [0, 0.1) is 0 Å². The molecule has 118 valence electrons. The number of rotatable bonds is 6. The van der Waals surface area contributed by atoms with Crippen LogP contribution in [0.15, 0.2) is 18.3 Å². The van der Waals surface area contributed by atoms with Gasteiger partial charge in [-0.1, -0.05) is 13.8 Å². The van der Waals surface area contributed by atoms with E-state index in [1.165, 1.54) is 38.2 Å². The van der Waals surface area contributed by atoms with Crippen LogP contribution in [-0.4, -0.2) is 49.7 Å². The normalized spacial score (nSPS) is 18.7. The van der Waals surface area contributed by atoms with Gasteiger partial charge in [-0.05, 0) is 45.0 Å². The third-order valence-electron chi connectivity index (χ3n) is 4.84. The van der Waals surface area contributed by atoms with E-state index in [1.54, 1.807) is 0 Å². The zero-order chi connectivity index (χ0) is 15.2. The zero-order valence-corrected chi connectivity index (χ0v) is 14.0. The zero-order valence-electron chi connectivity index (χ0n) is 14.0. The number of nitrogens with zero attached hydrogens (tertiary/aromatic N) is 3. The molecule has 0 radical (unpaired) electrons. The largest absolute Gasteiger partial charge is 0.370 e. The maximum Gasteiger partial charge on any atom is 0.0574 e. The number of anilines is 1. The molecule has 1 aliphatic heterocycles. The van der Waals surface area contributed by atoms with Gasteiger partial charge in [-0.25, -0.2) is 0 Å². The van der Waals surface area contributed by atoms with Crippen molar-refractivity contribution >= 4 is 5.69 Å². The Morgan fingerprint density at radius 3 is 2.52 bits per heavy atom. The number of piperidine rings is 1. The summed E-state index contributed by atoms with van der Waals surface area (Å²) in [7, 11) is 4.20. The minimum Gasteiger partial charge on any atom is -0.370 e. The summed E-state index contributed by atoms with van der Waals surface area (Å²) in [4.78, 5) is 9.59. The van der Waals surface area contributed by atoms with Crippen LogP contribution < -0.4 is 10.2 Å². The predicted octanol–water partition coefficient (Wildman–Crippen LogP) is 2.67. The topological polar surface area (TPSA) is 31.4 Å². The Hall–Kier alpha value is -1.13. The molecule has 1 saturated heterocycles. The molecular formula is C17H30N4. The van der Waals surface area contributed by atoms with Gasteiger partial charge >= 0.3 is 0 Å². The van der Waals surface area contributed by atoms with E-state index in [4.69, 9.17) is 0 Å². The number of hydrogen-bond donors (Lipinski definition) is 1. The van der Waals surface area contributed by atoms with Crippen molar-refractivity contribution in [3.8, 4) is 0 Å². The molecule has 1 fully saturated rings. The van der Waals surface area contributed by atoms with E-state index in [-0.39, 0.29) is 0 Å². The highest BCUT2D eigenvalue weighted by molar-refractivity contribution is 5.45. The van der Waals surface area contributed by atoms with Gasteiger partial charge in [0, 0.05) is 32.2 Å². The highest BCUT2D eigenvalue weighted by Crippen LogP contribution is 2.23. The van der Waals surface area contributed by atoms with Crippen molar-refractivity contribution in [1.82, 2.24) is 15.2 Å². The van der Waals surface area contributed by atoms with E-state index in [0.717, 1.165) is 12.1 Å². The fourth-order valence-electron chi connectivity index (χ4n) is 3.21. The lowest BCUT2D eigenvalue weighted by atomic mass is 10.0. The summed E-state index contributed by atoms with van der Waals surface area (Å²) in [5.41, 5.74) is 2.37. The van der Waals surface area contributed by atoms with Crippen LogP contribution >= 0.6 is 0 Å². The highest BCUT2D eigenvalue weighted by atomic mass is 15.2. The van der Waals surface area contributed by atoms with Gasteiger partial charge in [0.25, 0.3) is 0 Å². The molecule has 0 aromatic carbocycles. The number of likely N-dealkylation sites (tertiary alicyclic amines) is 1. The average Bonchev–Trinajstić information content (AvgIpc) is 2.56. The van der Waals surface area contributed by atoms with E-state index in [0.29, 0.717) is 12.1 Å². The quantitative estimate of drug-likeness (QED) is 0.873. The van der Waals surface area contributed by atoms with E-state index >= 15 is 0 Å². The molecule has 0 saturated carbocycles. The minimum atomic E-state index is 0.358. The molecule has 0 aliphatic carbocycles. The molecule has 2 rings (SSSR count). The first-order valence-corrected chi connectivity index (χ1v) is 8.28. The van der Waals surface area contributed by atoms with Gasteiger partial charge in [-0.3, -0.25) is 4.98 Å². The SMILES string of the molecule is CCC(NC)c1ccc(N(C)C2CCN(CC)CC2)cn1. The Labute approximate surface area is 129 Å². The van der Waals surface area contributed by atoms with Gasteiger partial charge < -0.3 is 15.1 Å². The van der Waals surface area contributed by atoms with Crippen LogP contribution in [0.25, 0.3) is 0 Å². The first-order valence-electron chi connectivity index (χ1n) is 8.28. The minimum absolute atomic E-state index is 0.358. The Balaban J connectivity index is 1.98. The molecule has 2 heterocycles. The fourth-order valence-corrected chi connectivity index (χ4v) is 3.21. The van der Waals surface area contributed by atoms with Crippen molar-refractivity contribution in [1.29, 1.82) is 0 Å². The third kappa shape index (κ3) is 3.95. The smallest absolute Gasteiger partial charge is 0.0574 e. The number of aromatic nitrogens is 1. The first-order chi connectivity index (χ1) is 10.2. The van der Waals surface area contributed by atoms with Crippen LogP contribution in [-0.2, 0) is 0 Å². The fraction of sp³-hybridized carbons (Fsp3) is 0.706. The molecule has 1 N–H and O–H groups in total. The number of pyridine rings is 1. The summed E-state index contributed by atoms with van der Waals surface area (Å²) in [6, 6.07) is 5.38. The van der Waals surface area contributed by atoms with E-state index in [9.17, 15) is 0 Å². The van der Waals surface area contributed by atoms with Gasteiger partial charge in [-0.15, -0.1) is 0 Å². The number of hydrogen-bond acceptors (Lipinski definition) is 4. The Bertz CT molecular complexity index is 405. The first kappa shape index (κ1) is 16.2. The van der Waals surface area contributed by atoms with Gasteiger partial charge in [-0.2, -0.15) is 0 Å². The molecule has 1 unspecified atom stereocenters. The Morgan fingerprint density at radius 1 is 1.33 bits per heavy atom. The second kappa shape index (κ2) is 7.76. The molecule has 0 spiro atoms. The summed E-state index contributed by atoms with van der Waals surface area (Å²) in [6.45, 7) is 8.04. The average molecular weight is 290 g/mol. The van der Waals surface area contributed by atoms with E-state index < -0.39 is 0 Å².